The molecule has 1 aromatic rings. The van der Waals surface area contributed by atoms with Crippen molar-refractivity contribution >= 4 is 29.0 Å². The summed E-state index contributed by atoms with van der Waals surface area (Å²) in [6.07, 6.45) is 0.485. The molecule has 0 saturated heterocycles. The first-order valence-electron chi connectivity index (χ1n) is 6.49. The fourth-order valence-corrected chi connectivity index (χ4v) is 2.44. The van der Waals surface area contributed by atoms with Crippen molar-refractivity contribution in [3.63, 3.8) is 0 Å². The maximum Gasteiger partial charge on any atom is 0.326 e. The Hall–Kier alpha value is -1.69. The largest absolute Gasteiger partial charge is 0.480 e. The van der Waals surface area contributed by atoms with E-state index in [9.17, 15) is 14.4 Å². The van der Waals surface area contributed by atoms with E-state index in [-0.39, 0.29) is 24.5 Å². The lowest BCUT2D eigenvalue weighted by Crippen LogP contribution is -2.41. The van der Waals surface area contributed by atoms with Crippen LogP contribution in [0.2, 0.25) is 0 Å². The summed E-state index contributed by atoms with van der Waals surface area (Å²) < 4.78 is 0. The number of thiophene rings is 1. The minimum absolute atomic E-state index is 0.0125. The summed E-state index contributed by atoms with van der Waals surface area (Å²) >= 11 is 1.33. The van der Waals surface area contributed by atoms with E-state index in [0.29, 0.717) is 11.3 Å². The SMILES string of the molecule is CC(C)C[C@H](NC(=O)CCC(=O)c1cccs1)C(=O)O. The van der Waals surface area contributed by atoms with Gasteiger partial charge in [-0.2, -0.15) is 0 Å². The van der Waals surface area contributed by atoms with Gasteiger partial charge in [0.25, 0.3) is 0 Å². The second-order valence-electron chi connectivity index (χ2n) is 4.99. The molecule has 20 heavy (non-hydrogen) atoms. The third kappa shape index (κ3) is 5.52. The highest BCUT2D eigenvalue weighted by molar-refractivity contribution is 7.12. The molecule has 0 bridgehead atoms. The molecular formula is C14H19NO4S. The number of nitrogens with one attached hydrogen (secondary N) is 1. The lowest BCUT2D eigenvalue weighted by molar-refractivity contribution is -0.142. The summed E-state index contributed by atoms with van der Waals surface area (Å²) in [5, 5.41) is 13.3. The fraction of sp³-hybridized carbons (Fsp3) is 0.500. The second kappa shape index (κ2) is 7.79. The zero-order chi connectivity index (χ0) is 15.1. The maximum atomic E-state index is 11.7. The normalized spacial score (nSPS) is 12.2. The summed E-state index contributed by atoms with van der Waals surface area (Å²) in [6.45, 7) is 3.78. The molecule has 1 aromatic heterocycles. The van der Waals surface area contributed by atoms with Crippen molar-refractivity contribution in [2.75, 3.05) is 0 Å². The van der Waals surface area contributed by atoms with Crippen molar-refractivity contribution in [2.45, 2.75) is 39.2 Å². The van der Waals surface area contributed by atoms with Gasteiger partial charge in [-0.25, -0.2) is 4.79 Å². The number of hydrogen-bond acceptors (Lipinski definition) is 4. The topological polar surface area (TPSA) is 83.5 Å². The first-order chi connectivity index (χ1) is 9.40. The van der Waals surface area contributed by atoms with E-state index < -0.39 is 17.9 Å². The first-order valence-corrected chi connectivity index (χ1v) is 7.37. The summed E-state index contributed by atoms with van der Waals surface area (Å²) in [7, 11) is 0. The highest BCUT2D eigenvalue weighted by Crippen LogP contribution is 2.12. The quantitative estimate of drug-likeness (QED) is 0.721. The van der Waals surface area contributed by atoms with Gasteiger partial charge < -0.3 is 10.4 Å². The van der Waals surface area contributed by atoms with Gasteiger partial charge in [-0.1, -0.05) is 19.9 Å². The molecule has 1 atom stereocenters. The standard InChI is InChI=1S/C14H19NO4S/c1-9(2)8-10(14(18)19)15-13(17)6-5-11(16)12-4-3-7-20-12/h3-4,7,9-10H,5-6,8H2,1-2H3,(H,15,17)(H,18,19)/t10-/m0/s1. The molecule has 0 saturated carbocycles. The molecule has 0 aliphatic rings. The molecule has 0 radical (unpaired) electrons. The van der Waals surface area contributed by atoms with E-state index in [0.717, 1.165) is 0 Å². The fourth-order valence-electron chi connectivity index (χ4n) is 1.75. The molecule has 0 spiro atoms. The molecule has 1 heterocycles. The Bertz CT molecular complexity index is 468. The number of carbonyl (C=O) groups is 3. The average molecular weight is 297 g/mol. The lowest BCUT2D eigenvalue weighted by Gasteiger charge is -2.16. The van der Waals surface area contributed by atoms with Crippen LogP contribution in [0.15, 0.2) is 17.5 Å². The first kappa shape index (κ1) is 16.4. The van der Waals surface area contributed by atoms with Crippen LogP contribution in [-0.2, 0) is 9.59 Å². The predicted molar refractivity (Wildman–Crippen MR) is 76.9 cm³/mol. The molecule has 2 N–H and O–H groups in total. The molecule has 1 amide bonds. The molecule has 0 fully saturated rings. The molecule has 5 nitrogen and oxygen atoms in total. The van der Waals surface area contributed by atoms with Gasteiger partial charge in [0.05, 0.1) is 4.88 Å². The van der Waals surface area contributed by atoms with Gasteiger partial charge in [-0.15, -0.1) is 11.3 Å². The van der Waals surface area contributed by atoms with Crippen LogP contribution in [0.3, 0.4) is 0 Å². The number of rotatable bonds is 8. The molecule has 0 aliphatic heterocycles. The van der Waals surface area contributed by atoms with Crippen molar-refractivity contribution in [3.05, 3.63) is 22.4 Å². The van der Waals surface area contributed by atoms with E-state index in [2.05, 4.69) is 5.32 Å². The second-order valence-corrected chi connectivity index (χ2v) is 5.94. The van der Waals surface area contributed by atoms with Crippen LogP contribution in [0.25, 0.3) is 0 Å². The number of amides is 1. The van der Waals surface area contributed by atoms with Crippen LogP contribution < -0.4 is 5.32 Å². The summed E-state index contributed by atoms with van der Waals surface area (Å²) in [6, 6.07) is 2.60. The third-order valence-electron chi connectivity index (χ3n) is 2.72. The number of carbonyl (C=O) groups excluding carboxylic acids is 2. The zero-order valence-corrected chi connectivity index (χ0v) is 12.4. The van der Waals surface area contributed by atoms with E-state index >= 15 is 0 Å². The van der Waals surface area contributed by atoms with E-state index in [1.807, 2.05) is 13.8 Å². The predicted octanol–water partition coefficient (Wildman–Crippen LogP) is 2.33. The lowest BCUT2D eigenvalue weighted by atomic mass is 10.0. The molecule has 0 aromatic carbocycles. The van der Waals surface area contributed by atoms with Gasteiger partial charge in [-0.3, -0.25) is 9.59 Å². The number of Topliss-reactive ketones (excluding diaryl/α,β-unsaturated/α-hetero) is 1. The molecule has 0 aliphatic carbocycles. The van der Waals surface area contributed by atoms with Crippen LogP contribution >= 0.6 is 11.3 Å². The molecule has 110 valence electrons. The molecule has 1 rings (SSSR count). The van der Waals surface area contributed by atoms with Crippen LogP contribution in [-0.4, -0.2) is 28.8 Å². The number of carboxylic acids is 1. The summed E-state index contributed by atoms with van der Waals surface area (Å²) in [4.78, 5) is 35.0. The Balaban J connectivity index is 2.42. The van der Waals surface area contributed by atoms with Gasteiger partial charge in [0.1, 0.15) is 6.04 Å². The Morgan fingerprint density at radius 2 is 2.00 bits per heavy atom. The zero-order valence-electron chi connectivity index (χ0n) is 11.6. The smallest absolute Gasteiger partial charge is 0.326 e. The highest BCUT2D eigenvalue weighted by atomic mass is 32.1. The van der Waals surface area contributed by atoms with Gasteiger partial charge in [0.15, 0.2) is 5.78 Å². The number of hydrogen-bond donors (Lipinski definition) is 2. The van der Waals surface area contributed by atoms with E-state index in [1.165, 1.54) is 11.3 Å². The van der Waals surface area contributed by atoms with Crippen molar-refractivity contribution in [3.8, 4) is 0 Å². The van der Waals surface area contributed by atoms with Gasteiger partial charge >= 0.3 is 5.97 Å². The van der Waals surface area contributed by atoms with Crippen LogP contribution in [0.4, 0.5) is 0 Å². The number of ketones is 1. The van der Waals surface area contributed by atoms with Crippen LogP contribution in [0, 0.1) is 5.92 Å². The van der Waals surface area contributed by atoms with Crippen molar-refractivity contribution in [1.82, 2.24) is 5.32 Å². The minimum atomic E-state index is -1.04. The Morgan fingerprint density at radius 1 is 1.30 bits per heavy atom. The van der Waals surface area contributed by atoms with Gasteiger partial charge in [0.2, 0.25) is 5.91 Å². The van der Waals surface area contributed by atoms with Gasteiger partial charge in [-0.05, 0) is 23.8 Å². The molecule has 6 heteroatoms. The molecule has 0 unspecified atom stereocenters. The van der Waals surface area contributed by atoms with Crippen molar-refractivity contribution in [2.24, 2.45) is 5.92 Å². The third-order valence-corrected chi connectivity index (χ3v) is 3.63. The van der Waals surface area contributed by atoms with Crippen LogP contribution in [0.1, 0.15) is 42.8 Å². The van der Waals surface area contributed by atoms with Crippen LogP contribution in [0.5, 0.6) is 0 Å². The van der Waals surface area contributed by atoms with Gasteiger partial charge in [0, 0.05) is 12.8 Å². The summed E-state index contributed by atoms with van der Waals surface area (Å²) in [5.74, 6) is -1.37. The van der Waals surface area contributed by atoms with Crippen molar-refractivity contribution < 1.29 is 19.5 Å². The Morgan fingerprint density at radius 3 is 2.50 bits per heavy atom. The van der Waals surface area contributed by atoms with E-state index in [1.54, 1.807) is 17.5 Å². The summed E-state index contributed by atoms with van der Waals surface area (Å²) in [5.41, 5.74) is 0. The maximum absolute atomic E-state index is 11.7. The van der Waals surface area contributed by atoms with E-state index in [4.69, 9.17) is 5.11 Å². The number of aliphatic carboxylic acids is 1. The Kier molecular flexibility index (Phi) is 6.38. The Labute approximate surface area is 122 Å². The number of carboxylic acid groups (broad SMARTS) is 1. The highest BCUT2D eigenvalue weighted by Gasteiger charge is 2.21. The van der Waals surface area contributed by atoms with Crippen molar-refractivity contribution in [1.29, 1.82) is 0 Å². The average Bonchev–Trinajstić information content (AvgIpc) is 2.88. The molecular weight excluding hydrogens is 278 g/mol. The monoisotopic (exact) mass is 297 g/mol. The minimum Gasteiger partial charge on any atom is -0.480 e.